The molecule has 0 fully saturated rings. The maximum atomic E-state index is 11.6. The molecular formula is C35H31NO6S2. The lowest BCUT2D eigenvalue weighted by molar-refractivity contribution is 0.481. The van der Waals surface area contributed by atoms with Gasteiger partial charge in [0.25, 0.3) is 20.2 Å². The molecular weight excluding hydrogens is 595 g/mol. The van der Waals surface area contributed by atoms with Crippen molar-refractivity contribution in [2.75, 3.05) is 11.4 Å². The molecule has 9 heteroatoms. The van der Waals surface area contributed by atoms with Gasteiger partial charge in [0.2, 0.25) is 0 Å². The van der Waals surface area contributed by atoms with Crippen molar-refractivity contribution in [2.45, 2.75) is 23.3 Å². The molecule has 0 radical (unpaired) electrons. The SMILES string of the molecule is CCN(Cc1cccc(S(=O)(=O)O)c1)c1ccc(C(c2ccccc2)=c2ccc(=Cc3cccc(S(=O)(=O)O)c3)cc2)cc1. The molecule has 0 bridgehead atoms. The summed E-state index contributed by atoms with van der Waals surface area (Å²) in [5.41, 5.74) is 5.50. The lowest BCUT2D eigenvalue weighted by atomic mass is 9.95. The second-order valence-corrected chi connectivity index (χ2v) is 13.1. The van der Waals surface area contributed by atoms with E-state index in [0.29, 0.717) is 18.7 Å². The molecule has 0 aliphatic heterocycles. The van der Waals surface area contributed by atoms with E-state index in [1.165, 1.54) is 24.3 Å². The molecule has 0 heterocycles. The van der Waals surface area contributed by atoms with Crippen molar-refractivity contribution in [3.8, 4) is 0 Å². The number of anilines is 1. The fourth-order valence-corrected chi connectivity index (χ4v) is 6.14. The van der Waals surface area contributed by atoms with Crippen molar-refractivity contribution >= 4 is 37.6 Å². The van der Waals surface area contributed by atoms with Gasteiger partial charge in [0.1, 0.15) is 0 Å². The van der Waals surface area contributed by atoms with E-state index in [4.69, 9.17) is 0 Å². The highest BCUT2D eigenvalue weighted by atomic mass is 32.2. The van der Waals surface area contributed by atoms with E-state index in [1.807, 2.05) is 73.7 Å². The summed E-state index contributed by atoms with van der Waals surface area (Å²) in [7, 11) is -8.57. The van der Waals surface area contributed by atoms with E-state index in [2.05, 4.69) is 29.2 Å². The molecule has 2 N–H and O–H groups in total. The third-order valence-electron chi connectivity index (χ3n) is 7.22. The lowest BCUT2D eigenvalue weighted by Crippen LogP contribution is -2.22. The zero-order valence-corrected chi connectivity index (χ0v) is 25.5. The van der Waals surface area contributed by atoms with Crippen LogP contribution in [0.25, 0.3) is 11.6 Å². The van der Waals surface area contributed by atoms with Crippen LogP contribution in [0.5, 0.6) is 0 Å². The van der Waals surface area contributed by atoms with Crippen molar-refractivity contribution in [3.05, 3.63) is 160 Å². The van der Waals surface area contributed by atoms with E-state index in [0.717, 1.165) is 38.4 Å². The van der Waals surface area contributed by atoms with Crippen LogP contribution in [0, 0.1) is 0 Å². The number of rotatable bonds is 9. The molecule has 0 saturated heterocycles. The average molecular weight is 626 g/mol. The van der Waals surface area contributed by atoms with Gasteiger partial charge >= 0.3 is 0 Å². The highest BCUT2D eigenvalue weighted by Crippen LogP contribution is 2.25. The van der Waals surface area contributed by atoms with Crippen LogP contribution in [0.15, 0.2) is 137 Å². The zero-order chi connectivity index (χ0) is 31.3. The van der Waals surface area contributed by atoms with Crippen LogP contribution in [-0.4, -0.2) is 32.5 Å². The Kier molecular flexibility index (Phi) is 9.12. The zero-order valence-electron chi connectivity index (χ0n) is 23.9. The standard InChI is InChI=1S/C35H31NO6S2/c1-2-36(25-28-9-7-13-34(24-28)44(40,41)42)32-20-18-31(19-21-32)35(29-10-4-3-5-11-29)30-16-14-26(15-17-30)22-27-8-6-12-33(23-27)43(37,38)39/h3-24H,2,25H2,1H3,(H,37,38,39)(H,40,41,42). The molecule has 5 rings (SSSR count). The molecule has 0 unspecified atom stereocenters. The van der Waals surface area contributed by atoms with Crippen LogP contribution < -0.4 is 15.3 Å². The van der Waals surface area contributed by atoms with Crippen LogP contribution in [-0.2, 0) is 26.8 Å². The van der Waals surface area contributed by atoms with Crippen molar-refractivity contribution in [1.29, 1.82) is 0 Å². The van der Waals surface area contributed by atoms with Gasteiger partial charge in [-0.3, -0.25) is 9.11 Å². The second-order valence-electron chi connectivity index (χ2n) is 10.2. The Balaban J connectivity index is 1.50. The van der Waals surface area contributed by atoms with E-state index >= 15 is 0 Å². The summed E-state index contributed by atoms with van der Waals surface area (Å²) in [6, 6.07) is 38.7. The van der Waals surface area contributed by atoms with Gasteiger partial charge in [-0.05, 0) is 87.7 Å². The fourth-order valence-electron chi connectivity index (χ4n) is 5.06. The van der Waals surface area contributed by atoms with Crippen LogP contribution in [0.3, 0.4) is 0 Å². The highest BCUT2D eigenvalue weighted by Gasteiger charge is 2.13. The van der Waals surface area contributed by atoms with Crippen molar-refractivity contribution in [2.24, 2.45) is 0 Å². The van der Waals surface area contributed by atoms with E-state index < -0.39 is 20.2 Å². The molecule has 0 saturated carbocycles. The Morgan fingerprint density at radius 3 is 1.86 bits per heavy atom. The molecule has 5 aromatic carbocycles. The first-order chi connectivity index (χ1) is 21.0. The lowest BCUT2D eigenvalue weighted by Gasteiger charge is -2.24. The van der Waals surface area contributed by atoms with Gasteiger partial charge in [0, 0.05) is 18.8 Å². The Hall–Kier alpha value is -4.54. The summed E-state index contributed by atoms with van der Waals surface area (Å²) in [5.74, 6) is 0. The second kappa shape index (κ2) is 13.0. The van der Waals surface area contributed by atoms with Gasteiger partial charge in [-0.25, -0.2) is 0 Å². The Bertz CT molecular complexity index is 2100. The molecule has 5 aromatic rings. The molecule has 7 nitrogen and oxygen atoms in total. The van der Waals surface area contributed by atoms with Crippen LogP contribution in [0.2, 0.25) is 0 Å². The third-order valence-corrected chi connectivity index (χ3v) is 8.92. The molecule has 0 aliphatic rings. The van der Waals surface area contributed by atoms with Crippen LogP contribution >= 0.6 is 0 Å². The topological polar surface area (TPSA) is 112 Å². The van der Waals surface area contributed by atoms with Crippen LogP contribution in [0.4, 0.5) is 5.69 Å². The van der Waals surface area contributed by atoms with E-state index in [9.17, 15) is 25.9 Å². The molecule has 0 aromatic heterocycles. The first kappa shape index (κ1) is 30.9. The largest absolute Gasteiger partial charge is 0.367 e. The molecule has 0 spiro atoms. The van der Waals surface area contributed by atoms with Crippen molar-refractivity contribution in [3.63, 3.8) is 0 Å². The normalized spacial score (nSPS) is 11.6. The number of hydrogen-bond donors (Lipinski definition) is 2. The van der Waals surface area contributed by atoms with Gasteiger partial charge < -0.3 is 4.90 Å². The minimum absolute atomic E-state index is 0.126. The summed E-state index contributed by atoms with van der Waals surface area (Å²) >= 11 is 0. The Morgan fingerprint density at radius 2 is 1.25 bits per heavy atom. The Morgan fingerprint density at radius 1 is 0.659 bits per heavy atom. The molecule has 224 valence electrons. The summed E-state index contributed by atoms with van der Waals surface area (Å²) in [6.07, 6.45) is 1.85. The van der Waals surface area contributed by atoms with E-state index in [1.54, 1.807) is 18.2 Å². The van der Waals surface area contributed by atoms with Gasteiger partial charge in [0.15, 0.2) is 0 Å². The van der Waals surface area contributed by atoms with Crippen molar-refractivity contribution < 1.29 is 25.9 Å². The van der Waals surface area contributed by atoms with Gasteiger partial charge in [-0.1, -0.05) is 91.0 Å². The predicted molar refractivity (Wildman–Crippen MR) is 173 cm³/mol. The third kappa shape index (κ3) is 7.50. The monoisotopic (exact) mass is 625 g/mol. The number of nitrogens with zero attached hydrogens (tertiary/aromatic N) is 1. The first-order valence-corrected chi connectivity index (χ1v) is 16.8. The summed E-state index contributed by atoms with van der Waals surface area (Å²) in [5, 5.41) is 1.88. The molecule has 0 atom stereocenters. The molecule has 44 heavy (non-hydrogen) atoms. The van der Waals surface area contributed by atoms with Gasteiger partial charge in [0.05, 0.1) is 9.79 Å². The molecule has 0 amide bonds. The summed E-state index contributed by atoms with van der Waals surface area (Å²) in [6.45, 7) is 3.19. The average Bonchev–Trinajstić information content (AvgIpc) is 3.01. The quantitative estimate of drug-likeness (QED) is 0.214. The number of benzene rings is 5. The van der Waals surface area contributed by atoms with Gasteiger partial charge in [-0.15, -0.1) is 0 Å². The smallest absolute Gasteiger partial charge is 0.294 e. The van der Waals surface area contributed by atoms with Crippen LogP contribution in [0.1, 0.15) is 29.2 Å². The maximum Gasteiger partial charge on any atom is 0.294 e. The summed E-state index contributed by atoms with van der Waals surface area (Å²) < 4.78 is 65.1. The minimum atomic E-state index is -4.29. The van der Waals surface area contributed by atoms with E-state index in [-0.39, 0.29) is 9.79 Å². The Labute approximate surface area is 257 Å². The first-order valence-electron chi connectivity index (χ1n) is 13.9. The predicted octanol–water partition coefficient (Wildman–Crippen LogP) is 5.28. The fraction of sp³-hybridized carbons (Fsp3) is 0.0857. The highest BCUT2D eigenvalue weighted by molar-refractivity contribution is 7.86. The minimum Gasteiger partial charge on any atom is -0.367 e. The van der Waals surface area contributed by atoms with Gasteiger partial charge in [-0.2, -0.15) is 16.8 Å². The molecule has 0 aliphatic carbocycles. The number of hydrogen-bond acceptors (Lipinski definition) is 5. The van der Waals surface area contributed by atoms with Crippen molar-refractivity contribution in [1.82, 2.24) is 0 Å². The maximum absolute atomic E-state index is 11.6. The summed E-state index contributed by atoms with van der Waals surface area (Å²) in [4.78, 5) is 1.84.